The third-order valence-electron chi connectivity index (χ3n) is 2.32. The maximum Gasteiger partial charge on any atom is 0.0478 e. The molecule has 4 heteroatoms. The summed E-state index contributed by atoms with van der Waals surface area (Å²) in [6.45, 7) is 8.50. The molecule has 15 heavy (non-hydrogen) atoms. The van der Waals surface area contributed by atoms with Gasteiger partial charge in [0.2, 0.25) is 0 Å². The first-order chi connectivity index (χ1) is 7.35. The van der Waals surface area contributed by atoms with Gasteiger partial charge in [-0.25, -0.2) is 0 Å². The fraction of sp³-hybridized carbons (Fsp3) is 1.00. The van der Waals surface area contributed by atoms with Gasteiger partial charge in [-0.15, -0.1) is 0 Å². The highest BCUT2D eigenvalue weighted by atomic mass is 16.5. The number of nitrogens with zero attached hydrogens (tertiary/aromatic N) is 1. The summed E-state index contributed by atoms with van der Waals surface area (Å²) in [5.74, 6) is 0. The van der Waals surface area contributed by atoms with Crippen LogP contribution in [-0.4, -0.2) is 50.8 Å². The molecule has 0 aromatic heterocycles. The first-order valence-electron chi connectivity index (χ1n) is 6.05. The molecule has 0 aliphatic heterocycles. The largest absolute Gasteiger partial charge is 0.382 e. The van der Waals surface area contributed by atoms with Crippen LogP contribution in [0, 0.1) is 0 Å². The van der Waals surface area contributed by atoms with E-state index in [1.54, 1.807) is 0 Å². The quantitative estimate of drug-likeness (QED) is 0.492. The lowest BCUT2D eigenvalue weighted by atomic mass is 10.3. The van der Waals surface area contributed by atoms with Gasteiger partial charge >= 0.3 is 0 Å². The molecule has 92 valence electrons. The van der Waals surface area contributed by atoms with Gasteiger partial charge in [0.1, 0.15) is 0 Å². The van der Waals surface area contributed by atoms with E-state index in [1.165, 1.54) is 0 Å². The summed E-state index contributed by atoms with van der Waals surface area (Å²) in [7, 11) is 0. The predicted octanol–water partition coefficient (Wildman–Crippen LogP) is 0.413. The SMILES string of the molecule is CCOCCCN(CCCN)CCCN. The predicted molar refractivity (Wildman–Crippen MR) is 64.9 cm³/mol. The normalized spacial score (nSPS) is 11.2. The van der Waals surface area contributed by atoms with E-state index >= 15 is 0 Å². The molecule has 0 aromatic carbocycles. The van der Waals surface area contributed by atoms with Crippen molar-refractivity contribution in [3.05, 3.63) is 0 Å². The van der Waals surface area contributed by atoms with E-state index in [9.17, 15) is 0 Å². The molecule has 0 radical (unpaired) electrons. The molecule has 0 heterocycles. The smallest absolute Gasteiger partial charge is 0.0478 e. The minimum Gasteiger partial charge on any atom is -0.382 e. The summed E-state index contributed by atoms with van der Waals surface area (Å²) in [5.41, 5.74) is 11.0. The first kappa shape index (κ1) is 14.8. The van der Waals surface area contributed by atoms with Crippen LogP contribution in [0.5, 0.6) is 0 Å². The Hall–Kier alpha value is -0.160. The highest BCUT2D eigenvalue weighted by Gasteiger charge is 2.02. The number of rotatable bonds is 11. The van der Waals surface area contributed by atoms with Crippen LogP contribution in [0.4, 0.5) is 0 Å². The molecule has 0 aromatic rings. The molecule has 0 aliphatic carbocycles. The minimum atomic E-state index is 0.768. The van der Waals surface area contributed by atoms with Gasteiger partial charge in [-0.1, -0.05) is 0 Å². The van der Waals surface area contributed by atoms with Crippen molar-refractivity contribution in [3.63, 3.8) is 0 Å². The van der Waals surface area contributed by atoms with Crippen LogP contribution >= 0.6 is 0 Å². The van der Waals surface area contributed by atoms with Crippen molar-refractivity contribution in [2.24, 2.45) is 11.5 Å². The fourth-order valence-electron chi connectivity index (χ4n) is 1.50. The van der Waals surface area contributed by atoms with Gasteiger partial charge in [0, 0.05) is 19.8 Å². The molecule has 0 spiro atoms. The Bertz CT molecular complexity index is 114. The number of hydrogen-bond donors (Lipinski definition) is 2. The average Bonchev–Trinajstić information content (AvgIpc) is 2.27. The van der Waals surface area contributed by atoms with E-state index in [0.717, 1.165) is 65.2 Å². The Balaban J connectivity index is 3.49. The average molecular weight is 217 g/mol. The summed E-state index contributed by atoms with van der Waals surface area (Å²) in [6.07, 6.45) is 3.24. The molecule has 0 amide bonds. The van der Waals surface area contributed by atoms with Crippen LogP contribution in [0.2, 0.25) is 0 Å². The Morgan fingerprint density at radius 3 is 1.93 bits per heavy atom. The summed E-state index contributed by atoms with van der Waals surface area (Å²) in [6, 6.07) is 0. The van der Waals surface area contributed by atoms with E-state index in [4.69, 9.17) is 16.2 Å². The second-order valence-corrected chi connectivity index (χ2v) is 3.68. The highest BCUT2D eigenvalue weighted by Crippen LogP contribution is 1.96. The molecule has 4 nitrogen and oxygen atoms in total. The van der Waals surface area contributed by atoms with Crippen LogP contribution in [0.25, 0.3) is 0 Å². The van der Waals surface area contributed by atoms with Crippen molar-refractivity contribution in [1.82, 2.24) is 4.90 Å². The zero-order valence-electron chi connectivity index (χ0n) is 10.1. The lowest BCUT2D eigenvalue weighted by molar-refractivity contribution is 0.131. The maximum absolute atomic E-state index is 5.51. The molecule has 0 bridgehead atoms. The molecule has 0 saturated carbocycles. The summed E-state index contributed by atoms with van der Waals surface area (Å²) in [4.78, 5) is 2.43. The van der Waals surface area contributed by atoms with Gasteiger partial charge in [0.15, 0.2) is 0 Å². The fourth-order valence-corrected chi connectivity index (χ4v) is 1.50. The van der Waals surface area contributed by atoms with E-state index < -0.39 is 0 Å². The zero-order chi connectivity index (χ0) is 11.4. The molecule has 4 N–H and O–H groups in total. The van der Waals surface area contributed by atoms with Gasteiger partial charge in [-0.2, -0.15) is 0 Å². The molecular weight excluding hydrogens is 190 g/mol. The Morgan fingerprint density at radius 1 is 0.933 bits per heavy atom. The summed E-state index contributed by atoms with van der Waals surface area (Å²) >= 11 is 0. The van der Waals surface area contributed by atoms with E-state index in [0.29, 0.717) is 0 Å². The Labute approximate surface area is 93.9 Å². The van der Waals surface area contributed by atoms with Gasteiger partial charge < -0.3 is 21.1 Å². The third kappa shape index (κ3) is 10.1. The van der Waals surface area contributed by atoms with Crippen LogP contribution in [-0.2, 0) is 4.74 Å². The lowest BCUT2D eigenvalue weighted by Gasteiger charge is -2.21. The monoisotopic (exact) mass is 217 g/mol. The van der Waals surface area contributed by atoms with E-state index in [-0.39, 0.29) is 0 Å². The molecular formula is C11H27N3O. The van der Waals surface area contributed by atoms with Crippen LogP contribution < -0.4 is 11.5 Å². The second-order valence-electron chi connectivity index (χ2n) is 3.68. The van der Waals surface area contributed by atoms with Gasteiger partial charge in [0.05, 0.1) is 0 Å². The number of ether oxygens (including phenoxy) is 1. The molecule has 0 saturated heterocycles. The van der Waals surface area contributed by atoms with Crippen LogP contribution in [0.3, 0.4) is 0 Å². The first-order valence-corrected chi connectivity index (χ1v) is 6.05. The molecule has 0 fully saturated rings. The standard InChI is InChI=1S/C11H27N3O/c1-2-15-11-5-10-14(8-3-6-12)9-4-7-13/h2-13H2,1H3. The van der Waals surface area contributed by atoms with E-state index in [1.807, 2.05) is 6.92 Å². The molecule has 0 rings (SSSR count). The minimum absolute atomic E-state index is 0.768. The summed E-state index contributed by atoms with van der Waals surface area (Å²) < 4.78 is 5.32. The van der Waals surface area contributed by atoms with Crippen molar-refractivity contribution >= 4 is 0 Å². The Kier molecular flexibility index (Phi) is 11.8. The zero-order valence-corrected chi connectivity index (χ0v) is 10.1. The van der Waals surface area contributed by atoms with Crippen molar-refractivity contribution < 1.29 is 4.74 Å². The van der Waals surface area contributed by atoms with Gasteiger partial charge in [-0.05, 0) is 52.4 Å². The van der Waals surface area contributed by atoms with Crippen LogP contribution in [0.1, 0.15) is 26.2 Å². The van der Waals surface area contributed by atoms with Crippen molar-refractivity contribution in [1.29, 1.82) is 0 Å². The van der Waals surface area contributed by atoms with Crippen LogP contribution in [0.15, 0.2) is 0 Å². The maximum atomic E-state index is 5.51. The lowest BCUT2D eigenvalue weighted by Crippen LogP contribution is -2.30. The second kappa shape index (κ2) is 11.9. The van der Waals surface area contributed by atoms with Gasteiger partial charge in [-0.3, -0.25) is 0 Å². The molecule has 0 unspecified atom stereocenters. The van der Waals surface area contributed by atoms with Gasteiger partial charge in [0.25, 0.3) is 0 Å². The molecule has 0 atom stereocenters. The van der Waals surface area contributed by atoms with Crippen molar-refractivity contribution in [2.45, 2.75) is 26.2 Å². The van der Waals surface area contributed by atoms with Crippen molar-refractivity contribution in [2.75, 3.05) is 45.9 Å². The topological polar surface area (TPSA) is 64.5 Å². The Morgan fingerprint density at radius 2 is 1.47 bits per heavy atom. The summed E-state index contributed by atoms with van der Waals surface area (Å²) in [5, 5.41) is 0. The number of nitrogens with two attached hydrogens (primary N) is 2. The number of hydrogen-bond acceptors (Lipinski definition) is 4. The third-order valence-corrected chi connectivity index (χ3v) is 2.32. The van der Waals surface area contributed by atoms with Crippen molar-refractivity contribution in [3.8, 4) is 0 Å². The van der Waals surface area contributed by atoms with E-state index in [2.05, 4.69) is 4.90 Å². The highest BCUT2D eigenvalue weighted by molar-refractivity contribution is 4.59. The molecule has 0 aliphatic rings.